The molecule has 1 fully saturated rings. The minimum Gasteiger partial charge on any atom is -0.484 e. The Morgan fingerprint density at radius 1 is 1.26 bits per heavy atom. The molecule has 0 spiro atoms. The van der Waals surface area contributed by atoms with Gasteiger partial charge in [-0.1, -0.05) is 22.8 Å². The highest BCUT2D eigenvalue weighted by Crippen LogP contribution is 2.24. The van der Waals surface area contributed by atoms with Crippen molar-refractivity contribution in [2.75, 3.05) is 33.0 Å². The van der Waals surface area contributed by atoms with E-state index in [9.17, 15) is 18.0 Å². The van der Waals surface area contributed by atoms with Gasteiger partial charge < -0.3 is 33.4 Å². The Balaban J connectivity index is 1.35. The second kappa shape index (κ2) is 12.0. The Labute approximate surface area is 196 Å². The first-order valence-electron chi connectivity index (χ1n) is 9.95. The van der Waals surface area contributed by atoms with Gasteiger partial charge in [0.2, 0.25) is 6.29 Å². The first kappa shape index (κ1) is 25.7. The minimum atomic E-state index is -3.33. The van der Waals surface area contributed by atoms with Crippen molar-refractivity contribution in [2.45, 2.75) is 24.9 Å². The highest BCUT2D eigenvalue weighted by Gasteiger charge is 2.30. The highest BCUT2D eigenvalue weighted by molar-refractivity contribution is 6.30. The second-order valence-electron chi connectivity index (χ2n) is 6.86. The lowest BCUT2D eigenvalue weighted by molar-refractivity contribution is -0.238. The number of hydrogen-bond donors (Lipinski definition) is 1. The molecule has 14 heteroatoms. The highest BCUT2D eigenvalue weighted by atomic mass is 35.5. The molecule has 10 nitrogen and oxygen atoms in total. The van der Waals surface area contributed by atoms with Crippen LogP contribution in [-0.2, 0) is 19.0 Å². The number of amides is 1. The zero-order chi connectivity index (χ0) is 24.6. The van der Waals surface area contributed by atoms with Gasteiger partial charge in [0, 0.05) is 6.07 Å². The quantitative estimate of drug-likeness (QED) is 0.342. The summed E-state index contributed by atoms with van der Waals surface area (Å²) >= 11 is 5.59. The molecule has 0 aliphatic carbocycles. The summed E-state index contributed by atoms with van der Waals surface area (Å²) in [4.78, 5) is 12.0. The summed E-state index contributed by atoms with van der Waals surface area (Å²) < 4.78 is 70.5. The number of halogens is 4. The van der Waals surface area contributed by atoms with Crippen molar-refractivity contribution in [2.24, 2.45) is 0 Å². The molecule has 186 valence electrons. The minimum absolute atomic E-state index is 0.0502. The van der Waals surface area contributed by atoms with Gasteiger partial charge in [0.05, 0.1) is 37.3 Å². The fraction of sp³-hybridized carbons (Fsp3) is 0.450. The van der Waals surface area contributed by atoms with E-state index in [0.717, 1.165) is 12.1 Å². The molecule has 2 heterocycles. The van der Waals surface area contributed by atoms with E-state index in [1.165, 1.54) is 12.1 Å². The largest absolute Gasteiger partial charge is 0.484 e. The lowest BCUT2D eigenvalue weighted by Gasteiger charge is -2.27. The van der Waals surface area contributed by atoms with Crippen LogP contribution in [0, 0.1) is 5.82 Å². The maximum atomic E-state index is 13.4. The van der Waals surface area contributed by atoms with Gasteiger partial charge in [0.25, 0.3) is 11.8 Å². The molecule has 0 saturated carbocycles. The lowest BCUT2D eigenvalue weighted by atomic mass is 10.3. The molecule has 0 bridgehead atoms. The summed E-state index contributed by atoms with van der Waals surface area (Å²) in [6.45, 7) is 2.34. The van der Waals surface area contributed by atoms with E-state index >= 15 is 0 Å². The predicted molar refractivity (Wildman–Crippen MR) is 109 cm³/mol. The van der Waals surface area contributed by atoms with E-state index in [0.29, 0.717) is 0 Å². The van der Waals surface area contributed by atoms with Crippen molar-refractivity contribution < 1.29 is 46.1 Å². The molecule has 0 atom stereocenters. The van der Waals surface area contributed by atoms with Gasteiger partial charge in [-0.3, -0.25) is 4.79 Å². The van der Waals surface area contributed by atoms with E-state index in [-0.39, 0.29) is 49.2 Å². The maximum absolute atomic E-state index is 13.4. The van der Waals surface area contributed by atoms with Gasteiger partial charge in [0.1, 0.15) is 18.2 Å². The summed E-state index contributed by atoms with van der Waals surface area (Å²) in [5.74, 6) is -1.03. The smallest absolute Gasteiger partial charge is 0.414 e. The van der Waals surface area contributed by atoms with Crippen LogP contribution >= 0.6 is 11.6 Å². The van der Waals surface area contributed by atoms with Crippen LogP contribution in [-0.4, -0.2) is 61.3 Å². The summed E-state index contributed by atoms with van der Waals surface area (Å²) in [5.41, 5.74) is 0. The number of benzene rings is 1. The summed E-state index contributed by atoms with van der Waals surface area (Å²) in [7, 11) is 0. The number of nitrogens with zero attached hydrogens (tertiary/aromatic N) is 2. The Morgan fingerprint density at radius 2 is 2.03 bits per heavy atom. The molecule has 0 unspecified atom stereocenters. The number of carbonyl (C=O) groups is 1. The molecule has 1 aromatic carbocycles. The number of nitrogens with one attached hydrogen (secondary N) is 1. The Kier molecular flexibility index (Phi) is 9.10. The average molecular weight is 508 g/mol. The molecule has 1 saturated heterocycles. The Bertz CT molecular complexity index is 971. The molecule has 1 aliphatic rings. The third-order valence-corrected chi connectivity index (χ3v) is 4.46. The van der Waals surface area contributed by atoms with E-state index in [1.807, 2.05) is 0 Å². The number of ether oxygens (including phenoxy) is 5. The molecule has 1 aliphatic heterocycles. The predicted octanol–water partition coefficient (Wildman–Crippen LogP) is 3.04. The van der Waals surface area contributed by atoms with Crippen molar-refractivity contribution in [3.63, 3.8) is 0 Å². The van der Waals surface area contributed by atoms with Gasteiger partial charge in [-0.15, -0.1) is 11.7 Å². The fourth-order valence-corrected chi connectivity index (χ4v) is 2.75. The van der Waals surface area contributed by atoms with E-state index in [2.05, 4.69) is 26.8 Å². The fourth-order valence-electron chi connectivity index (χ4n) is 2.63. The number of alkyl halides is 2. The molecule has 0 radical (unpaired) electrons. The van der Waals surface area contributed by atoms with Crippen LogP contribution in [0.3, 0.4) is 0 Å². The van der Waals surface area contributed by atoms with Gasteiger partial charge in [-0.2, -0.15) is 8.78 Å². The van der Waals surface area contributed by atoms with E-state index < -0.39 is 43.2 Å². The number of aromatic nitrogens is 2. The average Bonchev–Trinajstić information content (AvgIpc) is 3.27. The SMILES string of the molecule is C=CCC(F)(F)OCCOc1nnc([C@H]2OC[C@H](NC(=O)COc3ccc(Cl)c(F)c3)CO2)o1. The molecule has 1 aromatic heterocycles. The third-order valence-electron chi connectivity index (χ3n) is 4.15. The number of hydrogen-bond acceptors (Lipinski definition) is 9. The van der Waals surface area contributed by atoms with Crippen LogP contribution in [0.1, 0.15) is 18.6 Å². The monoisotopic (exact) mass is 507 g/mol. The zero-order valence-electron chi connectivity index (χ0n) is 17.7. The van der Waals surface area contributed by atoms with Crippen molar-refractivity contribution in [3.8, 4) is 11.8 Å². The molecule has 2 aromatic rings. The third kappa shape index (κ3) is 7.87. The summed E-state index contributed by atoms with van der Waals surface area (Å²) in [5, 5.41) is 9.92. The van der Waals surface area contributed by atoms with Crippen LogP contribution in [0.4, 0.5) is 13.2 Å². The lowest BCUT2D eigenvalue weighted by Crippen LogP contribution is -2.46. The zero-order valence-corrected chi connectivity index (χ0v) is 18.4. The Hall–Kier alpha value is -2.87. The van der Waals surface area contributed by atoms with Crippen LogP contribution < -0.4 is 14.8 Å². The normalized spacial score (nSPS) is 18.4. The van der Waals surface area contributed by atoms with Crippen molar-refractivity contribution in [1.82, 2.24) is 15.5 Å². The molecule has 1 amide bonds. The standard InChI is InChI=1S/C20H21ClF3N3O7/c1-2-5-20(23,24)33-7-6-29-19-27-26-17(34-19)18-31-9-12(10-32-18)25-16(28)11-30-13-3-4-14(21)15(22)8-13/h2-4,8,12,18H,1,5-7,9-11H2,(H,25,28)/t12-,18-. The van der Waals surface area contributed by atoms with Gasteiger partial charge in [0.15, 0.2) is 6.61 Å². The van der Waals surface area contributed by atoms with E-state index in [4.69, 9.17) is 35.0 Å². The number of carbonyl (C=O) groups excluding carboxylic acids is 1. The first-order valence-corrected chi connectivity index (χ1v) is 10.3. The van der Waals surface area contributed by atoms with Crippen LogP contribution in [0.2, 0.25) is 5.02 Å². The molecular weight excluding hydrogens is 487 g/mol. The maximum Gasteiger partial charge on any atom is 0.414 e. The number of rotatable bonds is 12. The topological polar surface area (TPSA) is 114 Å². The van der Waals surface area contributed by atoms with E-state index in [1.54, 1.807) is 0 Å². The van der Waals surface area contributed by atoms with Crippen LogP contribution in [0.15, 0.2) is 35.3 Å². The molecule has 3 rings (SSSR count). The van der Waals surface area contributed by atoms with Crippen molar-refractivity contribution in [1.29, 1.82) is 0 Å². The molecule has 34 heavy (non-hydrogen) atoms. The van der Waals surface area contributed by atoms with Crippen LogP contribution in [0.25, 0.3) is 0 Å². The van der Waals surface area contributed by atoms with Crippen molar-refractivity contribution in [3.05, 3.63) is 47.6 Å². The van der Waals surface area contributed by atoms with Crippen molar-refractivity contribution >= 4 is 17.5 Å². The summed E-state index contributed by atoms with van der Waals surface area (Å²) in [6, 6.07) is 3.34. The summed E-state index contributed by atoms with van der Waals surface area (Å²) in [6.07, 6.45) is -4.18. The van der Waals surface area contributed by atoms with Gasteiger partial charge in [-0.25, -0.2) is 4.39 Å². The van der Waals surface area contributed by atoms with Gasteiger partial charge >= 0.3 is 12.2 Å². The Morgan fingerprint density at radius 3 is 2.74 bits per heavy atom. The van der Waals surface area contributed by atoms with Gasteiger partial charge in [-0.05, 0) is 12.1 Å². The molecule has 1 N–H and O–H groups in total. The second-order valence-corrected chi connectivity index (χ2v) is 7.27. The van der Waals surface area contributed by atoms with Crippen LogP contribution in [0.5, 0.6) is 11.8 Å². The first-order chi connectivity index (χ1) is 16.3. The molecular formula is C20H21ClF3N3O7.